The highest BCUT2D eigenvalue weighted by Gasteiger charge is 2.66. The van der Waals surface area contributed by atoms with Crippen molar-refractivity contribution >= 4 is 0 Å². The van der Waals surface area contributed by atoms with E-state index in [0.717, 1.165) is 6.61 Å². The molecule has 0 aromatic carbocycles. The van der Waals surface area contributed by atoms with Gasteiger partial charge >= 0.3 is 0 Å². The summed E-state index contributed by atoms with van der Waals surface area (Å²) in [4.78, 5) is 0. The summed E-state index contributed by atoms with van der Waals surface area (Å²) >= 11 is 0. The van der Waals surface area contributed by atoms with Gasteiger partial charge in [0.15, 0.2) is 0 Å². The van der Waals surface area contributed by atoms with Crippen molar-refractivity contribution in [2.45, 2.75) is 25.7 Å². The van der Waals surface area contributed by atoms with E-state index in [4.69, 9.17) is 14.6 Å². The van der Waals surface area contributed by atoms with E-state index in [1.165, 1.54) is 25.7 Å². The van der Waals surface area contributed by atoms with Crippen LogP contribution in [0.4, 0.5) is 0 Å². The Morgan fingerprint density at radius 3 is 2.36 bits per heavy atom. The second kappa shape index (κ2) is 3.80. The molecule has 0 aromatic heterocycles. The van der Waals surface area contributed by atoms with Crippen LogP contribution in [0.1, 0.15) is 25.7 Å². The standard InChI is InChI=1S/C11H20O3/c1-13-4-5-14-3-2-10-6-11(7-10,8-10)9-12/h12H,2-9H2,1H3. The van der Waals surface area contributed by atoms with Crippen LogP contribution in [0.3, 0.4) is 0 Å². The van der Waals surface area contributed by atoms with Crippen molar-refractivity contribution in [1.82, 2.24) is 0 Å². The number of rotatable bonds is 7. The fourth-order valence-electron chi connectivity index (χ4n) is 3.20. The number of hydrogen-bond donors (Lipinski definition) is 1. The van der Waals surface area contributed by atoms with Gasteiger partial charge in [0.25, 0.3) is 0 Å². The molecule has 3 aliphatic carbocycles. The van der Waals surface area contributed by atoms with Crippen molar-refractivity contribution in [1.29, 1.82) is 0 Å². The van der Waals surface area contributed by atoms with E-state index in [-0.39, 0.29) is 0 Å². The average molecular weight is 200 g/mol. The zero-order valence-electron chi connectivity index (χ0n) is 8.92. The summed E-state index contributed by atoms with van der Waals surface area (Å²) in [6, 6.07) is 0. The van der Waals surface area contributed by atoms with Crippen LogP contribution in [0, 0.1) is 10.8 Å². The summed E-state index contributed by atoms with van der Waals surface area (Å²) in [5.41, 5.74) is 0.891. The first-order chi connectivity index (χ1) is 6.74. The average Bonchev–Trinajstić information content (AvgIpc) is 2.06. The summed E-state index contributed by atoms with van der Waals surface area (Å²) in [7, 11) is 1.69. The van der Waals surface area contributed by atoms with Gasteiger partial charge in [-0.25, -0.2) is 0 Å². The summed E-state index contributed by atoms with van der Waals surface area (Å²) in [5, 5.41) is 9.09. The number of aliphatic hydroxyl groups excluding tert-OH is 1. The Labute approximate surface area is 85.4 Å². The van der Waals surface area contributed by atoms with Gasteiger partial charge in [-0.2, -0.15) is 0 Å². The molecule has 14 heavy (non-hydrogen) atoms. The Balaban J connectivity index is 1.53. The van der Waals surface area contributed by atoms with Gasteiger partial charge in [-0.1, -0.05) is 0 Å². The van der Waals surface area contributed by atoms with E-state index in [1.807, 2.05) is 0 Å². The van der Waals surface area contributed by atoms with Crippen molar-refractivity contribution in [3.63, 3.8) is 0 Å². The molecule has 0 spiro atoms. The number of hydrogen-bond acceptors (Lipinski definition) is 3. The lowest BCUT2D eigenvalue weighted by atomic mass is 9.34. The summed E-state index contributed by atoms with van der Waals surface area (Å²) in [5.74, 6) is 0. The van der Waals surface area contributed by atoms with Gasteiger partial charge in [0, 0.05) is 20.3 Å². The second-order valence-corrected chi connectivity index (χ2v) is 5.04. The Morgan fingerprint density at radius 1 is 1.07 bits per heavy atom. The molecule has 82 valence electrons. The third kappa shape index (κ3) is 1.69. The number of ether oxygens (including phenoxy) is 2. The highest BCUT2D eigenvalue weighted by Crippen LogP contribution is 2.74. The summed E-state index contributed by atoms with van der Waals surface area (Å²) in [6.07, 6.45) is 4.84. The molecule has 0 amide bonds. The van der Waals surface area contributed by atoms with Crippen LogP contribution in [0.25, 0.3) is 0 Å². The predicted molar refractivity (Wildman–Crippen MR) is 53.1 cm³/mol. The smallest absolute Gasteiger partial charge is 0.0700 e. The van der Waals surface area contributed by atoms with Crippen LogP contribution < -0.4 is 0 Å². The largest absolute Gasteiger partial charge is 0.396 e. The minimum Gasteiger partial charge on any atom is -0.396 e. The Morgan fingerprint density at radius 2 is 1.79 bits per heavy atom. The first-order valence-corrected chi connectivity index (χ1v) is 5.42. The van der Waals surface area contributed by atoms with Crippen LogP contribution >= 0.6 is 0 Å². The lowest BCUT2D eigenvalue weighted by Gasteiger charge is -2.70. The Hall–Kier alpha value is -0.120. The van der Waals surface area contributed by atoms with Gasteiger partial charge in [-0.05, 0) is 36.5 Å². The van der Waals surface area contributed by atoms with E-state index in [0.29, 0.717) is 30.7 Å². The van der Waals surface area contributed by atoms with Gasteiger partial charge in [-0.15, -0.1) is 0 Å². The van der Waals surface area contributed by atoms with E-state index >= 15 is 0 Å². The molecule has 3 fully saturated rings. The fraction of sp³-hybridized carbons (Fsp3) is 1.00. The van der Waals surface area contributed by atoms with Crippen molar-refractivity contribution in [3.05, 3.63) is 0 Å². The SMILES string of the molecule is COCCOCCC12CC(CO)(C1)C2. The number of methoxy groups -OCH3 is 1. The molecule has 3 nitrogen and oxygen atoms in total. The van der Waals surface area contributed by atoms with Crippen molar-refractivity contribution in [2.75, 3.05) is 33.5 Å². The molecule has 0 aromatic rings. The lowest BCUT2D eigenvalue weighted by molar-refractivity contribution is -0.231. The highest BCUT2D eigenvalue weighted by atomic mass is 16.5. The van der Waals surface area contributed by atoms with Gasteiger partial charge in [-0.3, -0.25) is 0 Å². The van der Waals surface area contributed by atoms with Crippen molar-refractivity contribution in [3.8, 4) is 0 Å². The van der Waals surface area contributed by atoms with Crippen LogP contribution in [0.15, 0.2) is 0 Å². The first-order valence-electron chi connectivity index (χ1n) is 5.42. The molecular formula is C11H20O3. The highest BCUT2D eigenvalue weighted by molar-refractivity contribution is 5.16. The quantitative estimate of drug-likeness (QED) is 0.628. The first kappa shape index (κ1) is 10.4. The van der Waals surface area contributed by atoms with Gasteiger partial charge in [0.05, 0.1) is 13.2 Å². The van der Waals surface area contributed by atoms with Crippen LogP contribution in [0.5, 0.6) is 0 Å². The Bertz CT molecular complexity index is 183. The molecule has 0 saturated heterocycles. The van der Waals surface area contributed by atoms with E-state index in [2.05, 4.69) is 0 Å². The van der Waals surface area contributed by atoms with E-state index < -0.39 is 0 Å². The molecule has 0 radical (unpaired) electrons. The molecule has 0 heterocycles. The molecule has 1 N–H and O–H groups in total. The molecule has 3 rings (SSSR count). The predicted octanol–water partition coefficient (Wildman–Crippen LogP) is 1.20. The molecule has 0 aliphatic heterocycles. The maximum Gasteiger partial charge on any atom is 0.0700 e. The zero-order valence-corrected chi connectivity index (χ0v) is 8.92. The third-order valence-corrected chi connectivity index (χ3v) is 3.79. The lowest BCUT2D eigenvalue weighted by Crippen LogP contribution is -2.63. The molecule has 3 heteroatoms. The van der Waals surface area contributed by atoms with Crippen LogP contribution in [0.2, 0.25) is 0 Å². The minimum absolute atomic E-state index is 0.340. The Kier molecular flexibility index (Phi) is 2.82. The molecular weight excluding hydrogens is 180 g/mol. The molecule has 0 atom stereocenters. The van der Waals surface area contributed by atoms with Crippen LogP contribution in [-0.2, 0) is 9.47 Å². The van der Waals surface area contributed by atoms with Crippen molar-refractivity contribution < 1.29 is 14.6 Å². The summed E-state index contributed by atoms with van der Waals surface area (Å²) < 4.78 is 10.3. The normalized spacial score (nSPS) is 39.0. The fourth-order valence-corrected chi connectivity index (χ4v) is 3.20. The second-order valence-electron chi connectivity index (χ2n) is 5.04. The third-order valence-electron chi connectivity index (χ3n) is 3.79. The maximum absolute atomic E-state index is 9.09. The molecule has 3 saturated carbocycles. The van der Waals surface area contributed by atoms with Gasteiger partial charge < -0.3 is 14.6 Å². The maximum atomic E-state index is 9.09. The monoisotopic (exact) mass is 200 g/mol. The molecule has 3 aliphatic rings. The van der Waals surface area contributed by atoms with Gasteiger partial charge in [0.1, 0.15) is 0 Å². The minimum atomic E-state index is 0.340. The molecule has 0 unspecified atom stereocenters. The van der Waals surface area contributed by atoms with E-state index in [9.17, 15) is 0 Å². The topological polar surface area (TPSA) is 38.7 Å². The number of aliphatic hydroxyl groups is 1. The van der Waals surface area contributed by atoms with Crippen molar-refractivity contribution in [2.24, 2.45) is 10.8 Å². The summed E-state index contributed by atoms with van der Waals surface area (Å²) in [6.45, 7) is 2.63. The van der Waals surface area contributed by atoms with Gasteiger partial charge in [0.2, 0.25) is 0 Å². The molecule has 2 bridgehead atoms. The van der Waals surface area contributed by atoms with E-state index in [1.54, 1.807) is 7.11 Å². The van der Waals surface area contributed by atoms with Crippen LogP contribution in [-0.4, -0.2) is 38.6 Å². The zero-order chi connectivity index (χ0) is 10.1.